The maximum Gasteiger partial charge on any atom is 0.248 e. The van der Waals surface area contributed by atoms with Crippen molar-refractivity contribution in [3.05, 3.63) is 30.3 Å². The second kappa shape index (κ2) is 7.43. The predicted molar refractivity (Wildman–Crippen MR) is 99.8 cm³/mol. The minimum absolute atomic E-state index is 0.187. The van der Waals surface area contributed by atoms with Crippen molar-refractivity contribution in [2.45, 2.75) is 46.6 Å². The third-order valence-corrected chi connectivity index (χ3v) is 8.66. The van der Waals surface area contributed by atoms with Gasteiger partial charge in [0.25, 0.3) is 0 Å². The molecule has 0 unspecified atom stereocenters. The third kappa shape index (κ3) is 3.45. The molecule has 0 saturated heterocycles. The first-order valence-electron chi connectivity index (χ1n) is 8.07. The van der Waals surface area contributed by atoms with Crippen LogP contribution in [0, 0.1) is 0 Å². The lowest BCUT2D eigenvalue weighted by molar-refractivity contribution is -0.118. The Labute approximate surface area is 155 Å². The molecule has 25 heavy (non-hydrogen) atoms. The summed E-state index contributed by atoms with van der Waals surface area (Å²) in [6, 6.07) is 8.20. The van der Waals surface area contributed by atoms with Crippen LogP contribution in [0.2, 0.25) is 0 Å². The van der Waals surface area contributed by atoms with Crippen molar-refractivity contribution in [1.29, 1.82) is 0 Å². The van der Waals surface area contributed by atoms with E-state index in [1.54, 1.807) is 30.3 Å². The summed E-state index contributed by atoms with van der Waals surface area (Å²) in [7, 11) is -3.78. The van der Waals surface area contributed by atoms with Gasteiger partial charge in [-0.3, -0.25) is 10.1 Å². The van der Waals surface area contributed by atoms with Gasteiger partial charge in [0.15, 0.2) is 18.9 Å². The number of aromatic nitrogens is 2. The van der Waals surface area contributed by atoms with Crippen LogP contribution >= 0.6 is 23.1 Å². The first kappa shape index (κ1) is 18.3. The lowest BCUT2D eigenvalue weighted by atomic mass is 10.1. The maximum absolute atomic E-state index is 13.2. The molecule has 6 nitrogen and oxygen atoms in total. The molecule has 2 aromatic rings. The zero-order valence-electron chi connectivity index (χ0n) is 13.8. The summed E-state index contributed by atoms with van der Waals surface area (Å²) in [5.41, 5.74) is 0. The normalized spacial score (nSPS) is 16.7. The first-order chi connectivity index (χ1) is 12.0. The van der Waals surface area contributed by atoms with Crippen molar-refractivity contribution in [1.82, 2.24) is 10.2 Å². The minimum Gasteiger partial charge on any atom is -0.299 e. The topological polar surface area (TPSA) is 89.0 Å². The van der Waals surface area contributed by atoms with Gasteiger partial charge in [0.1, 0.15) is 0 Å². The zero-order valence-corrected chi connectivity index (χ0v) is 16.2. The summed E-state index contributed by atoms with van der Waals surface area (Å²) in [4.78, 5) is 13.2. The SMILES string of the molecule is CCSc1nnc(NC(=O)C2(S(=O)(=O)c3ccccc3)CCCC2)s1. The smallest absolute Gasteiger partial charge is 0.248 e. The number of rotatable bonds is 6. The number of nitrogens with one attached hydrogen (secondary N) is 1. The Hall–Kier alpha value is -1.45. The van der Waals surface area contributed by atoms with Gasteiger partial charge in [-0.25, -0.2) is 8.42 Å². The first-order valence-corrected chi connectivity index (χ1v) is 11.4. The Morgan fingerprint density at radius 3 is 2.56 bits per heavy atom. The number of hydrogen-bond donors (Lipinski definition) is 1. The van der Waals surface area contributed by atoms with Gasteiger partial charge in [0, 0.05) is 0 Å². The van der Waals surface area contributed by atoms with E-state index in [2.05, 4.69) is 15.5 Å². The molecule has 1 aliphatic carbocycles. The molecule has 1 heterocycles. The van der Waals surface area contributed by atoms with Crippen LogP contribution in [-0.4, -0.2) is 35.0 Å². The number of nitrogens with zero attached hydrogens (tertiary/aromatic N) is 2. The van der Waals surface area contributed by atoms with Gasteiger partial charge in [-0.1, -0.05) is 61.1 Å². The van der Waals surface area contributed by atoms with E-state index in [0.717, 1.165) is 10.1 Å². The lowest BCUT2D eigenvalue weighted by Gasteiger charge is -2.27. The van der Waals surface area contributed by atoms with Crippen LogP contribution < -0.4 is 5.32 Å². The minimum atomic E-state index is -3.78. The van der Waals surface area contributed by atoms with Crippen LogP contribution in [-0.2, 0) is 14.6 Å². The molecule has 1 fully saturated rings. The van der Waals surface area contributed by atoms with E-state index in [4.69, 9.17) is 0 Å². The highest BCUT2D eigenvalue weighted by Crippen LogP contribution is 2.41. The van der Waals surface area contributed by atoms with E-state index in [1.807, 2.05) is 6.92 Å². The molecule has 0 atom stereocenters. The fourth-order valence-electron chi connectivity index (χ4n) is 3.04. The molecule has 1 amide bonds. The van der Waals surface area contributed by atoms with Crippen molar-refractivity contribution >= 4 is 44.0 Å². The quantitative estimate of drug-likeness (QED) is 0.594. The molecule has 1 aromatic heterocycles. The highest BCUT2D eigenvalue weighted by Gasteiger charge is 2.53. The monoisotopic (exact) mass is 397 g/mol. The van der Waals surface area contributed by atoms with Crippen molar-refractivity contribution in [2.24, 2.45) is 0 Å². The molecule has 0 aliphatic heterocycles. The number of anilines is 1. The number of sulfone groups is 1. The van der Waals surface area contributed by atoms with Gasteiger partial charge in [-0.2, -0.15) is 0 Å². The second-order valence-corrected chi connectivity index (χ2v) is 10.5. The largest absolute Gasteiger partial charge is 0.299 e. The molecule has 1 saturated carbocycles. The van der Waals surface area contributed by atoms with E-state index >= 15 is 0 Å². The van der Waals surface area contributed by atoms with Crippen LogP contribution in [0.1, 0.15) is 32.6 Å². The molecule has 9 heteroatoms. The maximum atomic E-state index is 13.2. The predicted octanol–water partition coefficient (Wildman–Crippen LogP) is 3.38. The van der Waals surface area contributed by atoms with E-state index in [9.17, 15) is 13.2 Å². The molecule has 1 N–H and O–H groups in total. The number of hydrogen-bond acceptors (Lipinski definition) is 7. The van der Waals surface area contributed by atoms with Crippen LogP contribution in [0.5, 0.6) is 0 Å². The number of carbonyl (C=O) groups is 1. The summed E-state index contributed by atoms with van der Waals surface area (Å²) in [5, 5.41) is 11.0. The molecule has 0 radical (unpaired) electrons. The van der Waals surface area contributed by atoms with Crippen molar-refractivity contribution in [2.75, 3.05) is 11.1 Å². The standard InChI is InChI=1S/C16H19N3O3S3/c1-2-23-15-19-18-14(24-15)17-13(20)16(10-6-7-11-16)25(21,22)12-8-4-3-5-9-12/h3-5,8-9H,2,6-7,10-11H2,1H3,(H,17,18,20). The Bertz CT molecular complexity index is 844. The van der Waals surface area contributed by atoms with Crippen molar-refractivity contribution in [3.8, 4) is 0 Å². The van der Waals surface area contributed by atoms with E-state index in [0.29, 0.717) is 30.8 Å². The van der Waals surface area contributed by atoms with Gasteiger partial charge < -0.3 is 0 Å². The molecule has 1 aromatic carbocycles. The fraction of sp³-hybridized carbons (Fsp3) is 0.438. The number of thioether (sulfide) groups is 1. The van der Waals surface area contributed by atoms with E-state index < -0.39 is 20.5 Å². The summed E-state index contributed by atoms with van der Waals surface area (Å²) < 4.78 is 25.7. The van der Waals surface area contributed by atoms with E-state index in [-0.39, 0.29) is 4.90 Å². The van der Waals surface area contributed by atoms with Crippen molar-refractivity contribution < 1.29 is 13.2 Å². The van der Waals surface area contributed by atoms with Crippen molar-refractivity contribution in [3.63, 3.8) is 0 Å². The molecule has 0 spiro atoms. The summed E-state index contributed by atoms with van der Waals surface area (Å²) in [6.07, 6.45) is 2.08. The molecular weight excluding hydrogens is 378 g/mol. The summed E-state index contributed by atoms with van der Waals surface area (Å²) in [5.74, 6) is 0.354. The lowest BCUT2D eigenvalue weighted by Crippen LogP contribution is -2.47. The van der Waals surface area contributed by atoms with Crippen LogP contribution in [0.3, 0.4) is 0 Å². The Morgan fingerprint density at radius 2 is 1.92 bits per heavy atom. The average molecular weight is 398 g/mol. The van der Waals surface area contributed by atoms with Crippen LogP contribution in [0.4, 0.5) is 5.13 Å². The highest BCUT2D eigenvalue weighted by atomic mass is 32.2. The summed E-state index contributed by atoms with van der Waals surface area (Å²) >= 11 is 2.80. The number of carbonyl (C=O) groups excluding carboxylic acids is 1. The molecule has 3 rings (SSSR count). The van der Waals surface area contributed by atoms with Crippen LogP contribution in [0.15, 0.2) is 39.6 Å². The summed E-state index contributed by atoms with van der Waals surface area (Å²) in [6.45, 7) is 2.00. The average Bonchev–Trinajstić information content (AvgIpc) is 3.26. The molecular formula is C16H19N3O3S3. The van der Waals surface area contributed by atoms with Gasteiger partial charge in [0.2, 0.25) is 11.0 Å². The second-order valence-electron chi connectivity index (χ2n) is 5.78. The van der Waals surface area contributed by atoms with E-state index in [1.165, 1.54) is 23.1 Å². The van der Waals surface area contributed by atoms with Gasteiger partial charge in [-0.05, 0) is 30.7 Å². The number of amides is 1. The zero-order chi connectivity index (χ0) is 17.9. The van der Waals surface area contributed by atoms with Gasteiger partial charge in [0.05, 0.1) is 4.90 Å². The van der Waals surface area contributed by atoms with Gasteiger partial charge in [-0.15, -0.1) is 10.2 Å². The molecule has 0 bridgehead atoms. The fourth-order valence-corrected chi connectivity index (χ4v) is 6.77. The Morgan fingerprint density at radius 1 is 1.24 bits per heavy atom. The molecule has 134 valence electrons. The Balaban J connectivity index is 1.90. The number of benzene rings is 1. The van der Waals surface area contributed by atoms with Gasteiger partial charge >= 0.3 is 0 Å². The molecule has 1 aliphatic rings. The highest BCUT2D eigenvalue weighted by molar-refractivity contribution is 8.01. The van der Waals surface area contributed by atoms with Crippen LogP contribution in [0.25, 0.3) is 0 Å². The Kier molecular flexibility index (Phi) is 5.45. The third-order valence-electron chi connectivity index (χ3n) is 4.29.